The summed E-state index contributed by atoms with van der Waals surface area (Å²) in [7, 11) is 2.26. The van der Waals surface area contributed by atoms with E-state index >= 15 is 0 Å². The maximum absolute atomic E-state index is 13.9. The maximum Gasteiger partial charge on any atom is 0.231 e. The van der Waals surface area contributed by atoms with Crippen LogP contribution in [0, 0.1) is 0 Å². The van der Waals surface area contributed by atoms with E-state index in [1.807, 2.05) is 48.5 Å². The van der Waals surface area contributed by atoms with E-state index < -0.39 is 21.4 Å². The molecule has 0 saturated carbocycles. The van der Waals surface area contributed by atoms with Gasteiger partial charge in [-0.3, -0.25) is 4.98 Å². The summed E-state index contributed by atoms with van der Waals surface area (Å²) in [6, 6.07) is 14.6. The third-order valence-electron chi connectivity index (χ3n) is 5.69. The van der Waals surface area contributed by atoms with Crippen molar-refractivity contribution in [2.24, 2.45) is 0 Å². The second-order valence-corrected chi connectivity index (χ2v) is 10.1. The van der Waals surface area contributed by atoms with E-state index in [9.17, 15) is 8.42 Å². The topological polar surface area (TPSA) is 100 Å². The fourth-order valence-corrected chi connectivity index (χ4v) is 5.32. The summed E-state index contributed by atoms with van der Waals surface area (Å²) >= 11 is 0. The number of ether oxygens (including phenoxy) is 4. The van der Waals surface area contributed by atoms with Crippen molar-refractivity contribution in [3.63, 3.8) is 0 Å². The van der Waals surface area contributed by atoms with E-state index in [-0.39, 0.29) is 13.1 Å². The lowest BCUT2D eigenvalue weighted by Gasteiger charge is -2.29. The van der Waals surface area contributed by atoms with Crippen molar-refractivity contribution < 1.29 is 27.4 Å². The smallest absolute Gasteiger partial charge is 0.231 e. The molecule has 0 fully saturated rings. The van der Waals surface area contributed by atoms with Crippen molar-refractivity contribution in [2.75, 3.05) is 28.4 Å². The number of aromatic nitrogens is 2. The van der Waals surface area contributed by atoms with E-state index in [4.69, 9.17) is 18.9 Å². The number of nitrogens with zero attached hydrogens (tertiary/aromatic N) is 3. The predicted molar refractivity (Wildman–Crippen MR) is 132 cm³/mol. The molecule has 0 amide bonds. The fourth-order valence-electron chi connectivity index (χ4n) is 3.63. The van der Waals surface area contributed by atoms with Gasteiger partial charge in [0.25, 0.3) is 0 Å². The van der Waals surface area contributed by atoms with Gasteiger partial charge in [-0.2, -0.15) is 4.31 Å². The van der Waals surface area contributed by atoms with Crippen LogP contribution in [-0.4, -0.2) is 56.4 Å². The monoisotopic (exact) mass is 501 g/mol. The van der Waals surface area contributed by atoms with E-state index in [0.717, 1.165) is 11.1 Å². The predicted octanol–water partition coefficient (Wildman–Crippen LogP) is 3.61. The minimum Gasteiger partial charge on any atom is -0.497 e. The summed E-state index contributed by atoms with van der Waals surface area (Å²) < 4.78 is 50.4. The zero-order chi connectivity index (χ0) is 25.4. The molecule has 0 unspecified atom stereocenters. The molecule has 3 rings (SSSR count). The Hall–Kier alpha value is -3.21. The molecule has 0 aliphatic heterocycles. The number of sulfonamides is 1. The average Bonchev–Trinajstić information content (AvgIpc) is 2.89. The van der Waals surface area contributed by atoms with E-state index in [1.165, 1.54) is 30.9 Å². The summed E-state index contributed by atoms with van der Waals surface area (Å²) in [5, 5.41) is -0.938. The highest BCUT2D eigenvalue weighted by Gasteiger charge is 2.36. The maximum atomic E-state index is 13.9. The van der Waals surface area contributed by atoms with Gasteiger partial charge in [0.15, 0.2) is 0 Å². The largest absolute Gasteiger partial charge is 0.497 e. The average molecular weight is 502 g/mol. The first-order valence-electron chi connectivity index (χ1n) is 11.0. The fraction of sp³-hybridized carbons (Fsp3) is 0.360. The van der Waals surface area contributed by atoms with Crippen LogP contribution >= 0.6 is 0 Å². The second kappa shape index (κ2) is 12.0. The van der Waals surface area contributed by atoms with E-state index in [0.29, 0.717) is 23.1 Å². The molecule has 188 valence electrons. The lowest BCUT2D eigenvalue weighted by molar-refractivity contribution is 0.0964. The molecule has 2 aromatic carbocycles. The molecule has 0 spiro atoms. The van der Waals surface area contributed by atoms with Crippen molar-refractivity contribution in [1.29, 1.82) is 0 Å². The van der Waals surface area contributed by atoms with Crippen LogP contribution in [0.15, 0.2) is 60.9 Å². The van der Waals surface area contributed by atoms with Gasteiger partial charge in [0, 0.05) is 20.2 Å². The van der Waals surface area contributed by atoms with Crippen LogP contribution in [0.3, 0.4) is 0 Å². The number of rotatable bonds is 12. The third-order valence-corrected chi connectivity index (χ3v) is 7.86. The standard InChI is InChI=1S/C25H31N3O6S/c1-18(25(34-5)23-14-27-24(33-4)15-26-23)35(29,30)28(16-19-6-10-21(31-2)11-7-19)17-20-8-12-22(32-3)13-9-20/h6-15,18,25H,16-17H2,1-5H3/t18-,25+/m0/s1. The highest BCUT2D eigenvalue weighted by molar-refractivity contribution is 7.89. The van der Waals surface area contributed by atoms with Gasteiger partial charge in [0.05, 0.1) is 39.4 Å². The van der Waals surface area contributed by atoms with Crippen LogP contribution in [-0.2, 0) is 27.8 Å². The highest BCUT2D eigenvalue weighted by atomic mass is 32.2. The lowest BCUT2D eigenvalue weighted by Crippen LogP contribution is -2.40. The molecule has 0 radical (unpaired) electrons. The Morgan fingerprint density at radius 1 is 0.771 bits per heavy atom. The van der Waals surface area contributed by atoms with Crippen molar-refractivity contribution >= 4 is 10.0 Å². The Labute approximate surface area is 206 Å². The Balaban J connectivity index is 1.93. The van der Waals surface area contributed by atoms with Crippen LogP contribution in [0.25, 0.3) is 0 Å². The first-order valence-corrected chi connectivity index (χ1v) is 12.5. The van der Waals surface area contributed by atoms with Crippen LogP contribution in [0.5, 0.6) is 17.4 Å². The number of methoxy groups -OCH3 is 4. The van der Waals surface area contributed by atoms with Gasteiger partial charge >= 0.3 is 0 Å². The van der Waals surface area contributed by atoms with Gasteiger partial charge in [-0.1, -0.05) is 24.3 Å². The van der Waals surface area contributed by atoms with E-state index in [1.54, 1.807) is 21.1 Å². The lowest BCUT2D eigenvalue weighted by atomic mass is 10.2. The summed E-state index contributed by atoms with van der Waals surface area (Å²) in [5.41, 5.74) is 2.06. The Bertz CT molecular complexity index is 1120. The Kier molecular flexibility index (Phi) is 9.02. The van der Waals surface area contributed by atoms with Gasteiger partial charge in [0.2, 0.25) is 15.9 Å². The van der Waals surface area contributed by atoms with Crippen LogP contribution in [0.1, 0.15) is 29.8 Å². The molecule has 1 heterocycles. The number of benzene rings is 2. The van der Waals surface area contributed by atoms with E-state index in [2.05, 4.69) is 9.97 Å². The molecule has 0 N–H and O–H groups in total. The zero-order valence-corrected chi connectivity index (χ0v) is 21.4. The van der Waals surface area contributed by atoms with Gasteiger partial charge in [-0.05, 0) is 42.3 Å². The SMILES string of the molecule is COc1ccc(CN(Cc2ccc(OC)cc2)S(=O)(=O)[C@@H](C)[C@@H](OC)c2cnc(OC)cn2)cc1. The molecule has 3 aromatic rings. The van der Waals surface area contributed by atoms with Crippen molar-refractivity contribution in [3.05, 3.63) is 77.7 Å². The zero-order valence-electron chi connectivity index (χ0n) is 20.5. The molecule has 2 atom stereocenters. The van der Waals surface area contributed by atoms with Gasteiger partial charge in [-0.25, -0.2) is 13.4 Å². The molecule has 0 aliphatic rings. The Morgan fingerprint density at radius 3 is 1.66 bits per heavy atom. The summed E-state index contributed by atoms with van der Waals surface area (Å²) in [4.78, 5) is 8.44. The van der Waals surface area contributed by atoms with Crippen molar-refractivity contribution in [2.45, 2.75) is 31.4 Å². The normalized spacial score (nSPS) is 13.3. The molecular weight excluding hydrogens is 470 g/mol. The first-order chi connectivity index (χ1) is 16.8. The molecule has 0 aliphatic carbocycles. The van der Waals surface area contributed by atoms with Gasteiger partial charge in [0.1, 0.15) is 22.9 Å². The minimum absolute atomic E-state index is 0.174. The Morgan fingerprint density at radius 2 is 1.29 bits per heavy atom. The van der Waals surface area contributed by atoms with Crippen LogP contribution < -0.4 is 14.2 Å². The molecule has 1 aromatic heterocycles. The molecule has 35 heavy (non-hydrogen) atoms. The molecule has 0 bridgehead atoms. The van der Waals surface area contributed by atoms with Gasteiger partial charge < -0.3 is 18.9 Å². The number of hydrogen-bond acceptors (Lipinski definition) is 8. The minimum atomic E-state index is -3.86. The first kappa shape index (κ1) is 26.4. The molecule has 0 saturated heterocycles. The summed E-state index contributed by atoms with van der Waals surface area (Å²) in [6.07, 6.45) is 2.08. The third kappa shape index (κ3) is 6.47. The van der Waals surface area contributed by atoms with Gasteiger partial charge in [-0.15, -0.1) is 0 Å². The number of hydrogen-bond donors (Lipinski definition) is 0. The quantitative estimate of drug-likeness (QED) is 0.371. The van der Waals surface area contributed by atoms with Crippen molar-refractivity contribution in [3.8, 4) is 17.4 Å². The highest BCUT2D eigenvalue weighted by Crippen LogP contribution is 2.29. The van der Waals surface area contributed by atoms with Crippen LogP contribution in [0.4, 0.5) is 0 Å². The van der Waals surface area contributed by atoms with Crippen LogP contribution in [0.2, 0.25) is 0 Å². The molecule has 9 nitrogen and oxygen atoms in total. The van der Waals surface area contributed by atoms with Crippen molar-refractivity contribution in [1.82, 2.24) is 14.3 Å². The summed E-state index contributed by atoms with van der Waals surface area (Å²) in [6.45, 7) is 1.96. The molecule has 10 heteroatoms. The summed E-state index contributed by atoms with van der Waals surface area (Å²) in [5.74, 6) is 1.73. The second-order valence-electron chi connectivity index (χ2n) is 7.85. The molecular formula is C25H31N3O6S.